The molecule has 2 aliphatic heterocycles. The van der Waals surface area contributed by atoms with Crippen LogP contribution < -0.4 is 0 Å². The Morgan fingerprint density at radius 3 is 1.83 bits per heavy atom. The van der Waals surface area contributed by atoms with Crippen LogP contribution >= 0.6 is 0 Å². The molecule has 4 rings (SSSR count). The molecule has 2 heterocycles. The van der Waals surface area contributed by atoms with E-state index in [0.717, 1.165) is 17.6 Å². The lowest BCUT2D eigenvalue weighted by molar-refractivity contribution is 0.0286. The number of halogens is 2. The zero-order valence-corrected chi connectivity index (χ0v) is 27.6. The van der Waals surface area contributed by atoms with Gasteiger partial charge in [0.15, 0.2) is 0 Å². The molecule has 1 unspecified atom stereocenters. The first-order chi connectivity index (χ1) is 21.4. The van der Waals surface area contributed by atoms with E-state index in [-0.39, 0.29) is 23.1 Å². The molecule has 2 amide bonds. The summed E-state index contributed by atoms with van der Waals surface area (Å²) in [5, 5.41) is 0. The van der Waals surface area contributed by atoms with Gasteiger partial charge in [0.25, 0.3) is 0 Å². The van der Waals surface area contributed by atoms with E-state index >= 15 is 0 Å². The molecule has 0 radical (unpaired) electrons. The maximum absolute atomic E-state index is 13.7. The number of carbonyl (C=O) groups excluding carboxylic acids is 4. The van der Waals surface area contributed by atoms with Crippen molar-refractivity contribution < 1.29 is 46.9 Å². The predicted molar refractivity (Wildman–Crippen MR) is 166 cm³/mol. The quantitative estimate of drug-likeness (QED) is 0.271. The molecule has 0 saturated carbocycles. The summed E-state index contributed by atoms with van der Waals surface area (Å²) in [6.45, 7) is 12.7. The van der Waals surface area contributed by atoms with E-state index in [9.17, 15) is 28.0 Å². The highest BCUT2D eigenvalue weighted by Gasteiger charge is 2.31. The standard InChI is InChI=1S/C17H22FNO4.C17H20FNO4/c2*1-17(2,3)23-16(21)19-8-7-12(10-19)11-5-6-14(18)13(9-11)15(20)22-4/h5-6,9,12H,7-8,10H2,1-4H3;5-7,9H,8,10H2,1-4H3. The Bertz CT molecular complexity index is 1470. The zero-order chi connectivity index (χ0) is 34.4. The highest BCUT2D eigenvalue weighted by molar-refractivity contribution is 5.91. The van der Waals surface area contributed by atoms with E-state index in [0.29, 0.717) is 31.7 Å². The summed E-state index contributed by atoms with van der Waals surface area (Å²) in [7, 11) is 2.42. The highest BCUT2D eigenvalue weighted by atomic mass is 19.1. The summed E-state index contributed by atoms with van der Waals surface area (Å²) < 4.78 is 47.2. The SMILES string of the molecule is COC(=O)c1cc(C2=CCN(C(=O)OC(C)(C)C)C2)ccc1F.COC(=O)c1cc(C2CCN(C(=O)OC(C)(C)C)C2)ccc1F. The van der Waals surface area contributed by atoms with Gasteiger partial charge in [-0.25, -0.2) is 28.0 Å². The van der Waals surface area contributed by atoms with Crippen LogP contribution in [-0.2, 0) is 18.9 Å². The van der Waals surface area contributed by atoms with Crippen molar-refractivity contribution in [1.82, 2.24) is 9.80 Å². The summed E-state index contributed by atoms with van der Waals surface area (Å²) in [5.41, 5.74) is 1.02. The van der Waals surface area contributed by atoms with E-state index < -0.39 is 40.9 Å². The van der Waals surface area contributed by atoms with Gasteiger partial charge in [0.1, 0.15) is 22.8 Å². The van der Waals surface area contributed by atoms with E-state index in [4.69, 9.17) is 9.47 Å². The fourth-order valence-corrected chi connectivity index (χ4v) is 4.81. The number of hydrogen-bond donors (Lipinski definition) is 0. The molecular formula is C34H42F2N2O8. The second kappa shape index (κ2) is 14.7. The summed E-state index contributed by atoms with van der Waals surface area (Å²) in [4.78, 5) is 50.5. The number of methoxy groups -OCH3 is 2. The lowest BCUT2D eigenvalue weighted by Crippen LogP contribution is -2.35. The normalized spacial score (nSPS) is 16.2. The third-order valence-corrected chi connectivity index (χ3v) is 7.02. The van der Waals surface area contributed by atoms with E-state index in [1.54, 1.807) is 42.7 Å². The Kier molecular flexibility index (Phi) is 11.5. The van der Waals surface area contributed by atoms with Gasteiger partial charge in [-0.2, -0.15) is 0 Å². The molecule has 250 valence electrons. The summed E-state index contributed by atoms with van der Waals surface area (Å²) in [6, 6.07) is 8.64. The van der Waals surface area contributed by atoms with Crippen LogP contribution in [0.2, 0.25) is 0 Å². The van der Waals surface area contributed by atoms with Crippen LogP contribution in [0.25, 0.3) is 5.57 Å². The molecule has 1 fully saturated rings. The van der Waals surface area contributed by atoms with Gasteiger partial charge in [0.05, 0.1) is 25.3 Å². The van der Waals surface area contributed by atoms with Crippen LogP contribution in [0.3, 0.4) is 0 Å². The second-order valence-electron chi connectivity index (χ2n) is 12.9. The third kappa shape index (κ3) is 9.76. The maximum Gasteiger partial charge on any atom is 0.410 e. The first kappa shape index (κ1) is 36.0. The number of likely N-dealkylation sites (tertiary alicyclic amines) is 1. The summed E-state index contributed by atoms with van der Waals surface area (Å²) in [5.74, 6) is -2.63. The van der Waals surface area contributed by atoms with Crippen molar-refractivity contribution in [2.75, 3.05) is 40.4 Å². The van der Waals surface area contributed by atoms with Crippen molar-refractivity contribution >= 4 is 29.7 Å². The third-order valence-electron chi connectivity index (χ3n) is 7.02. The van der Waals surface area contributed by atoms with Crippen molar-refractivity contribution in [2.45, 2.75) is 65.1 Å². The number of ether oxygens (including phenoxy) is 4. The molecule has 12 heteroatoms. The molecule has 0 N–H and O–H groups in total. The van der Waals surface area contributed by atoms with Crippen molar-refractivity contribution in [3.63, 3.8) is 0 Å². The van der Waals surface area contributed by atoms with Gasteiger partial charge in [-0.1, -0.05) is 18.2 Å². The van der Waals surface area contributed by atoms with Crippen molar-refractivity contribution in [1.29, 1.82) is 0 Å². The van der Waals surface area contributed by atoms with Gasteiger partial charge in [0, 0.05) is 32.1 Å². The van der Waals surface area contributed by atoms with Crippen LogP contribution in [0, 0.1) is 11.6 Å². The molecule has 1 saturated heterocycles. The number of amides is 2. The Morgan fingerprint density at radius 1 is 0.761 bits per heavy atom. The van der Waals surface area contributed by atoms with Gasteiger partial charge in [-0.05, 0) is 88.9 Å². The minimum Gasteiger partial charge on any atom is -0.465 e. The number of hydrogen-bond acceptors (Lipinski definition) is 8. The molecule has 0 aliphatic carbocycles. The molecule has 0 aromatic heterocycles. The molecule has 2 aromatic carbocycles. The Balaban J connectivity index is 0.000000250. The second-order valence-corrected chi connectivity index (χ2v) is 12.9. The Hall–Kier alpha value is -4.48. The van der Waals surface area contributed by atoms with E-state index in [1.165, 1.54) is 38.5 Å². The van der Waals surface area contributed by atoms with E-state index in [2.05, 4.69) is 9.47 Å². The topological polar surface area (TPSA) is 112 Å². The molecule has 1 atom stereocenters. The van der Waals surface area contributed by atoms with Gasteiger partial charge >= 0.3 is 24.1 Å². The lowest BCUT2D eigenvalue weighted by atomic mass is 9.96. The van der Waals surface area contributed by atoms with Crippen LogP contribution in [-0.4, -0.2) is 85.5 Å². The van der Waals surface area contributed by atoms with Crippen LogP contribution in [0.5, 0.6) is 0 Å². The molecule has 46 heavy (non-hydrogen) atoms. The Morgan fingerprint density at radius 2 is 1.28 bits per heavy atom. The number of nitrogens with zero attached hydrogens (tertiary/aromatic N) is 2. The first-order valence-electron chi connectivity index (χ1n) is 14.8. The molecule has 0 spiro atoms. The summed E-state index contributed by atoms with van der Waals surface area (Å²) >= 11 is 0. The van der Waals surface area contributed by atoms with Crippen molar-refractivity contribution in [3.05, 3.63) is 76.4 Å². The van der Waals surface area contributed by atoms with Crippen LogP contribution in [0.1, 0.15) is 85.7 Å². The molecule has 2 aromatic rings. The van der Waals surface area contributed by atoms with Crippen LogP contribution in [0.4, 0.5) is 18.4 Å². The van der Waals surface area contributed by atoms with Crippen LogP contribution in [0.15, 0.2) is 42.5 Å². The smallest absolute Gasteiger partial charge is 0.410 e. The van der Waals surface area contributed by atoms with Crippen molar-refractivity contribution in [2.24, 2.45) is 0 Å². The highest BCUT2D eigenvalue weighted by Crippen LogP contribution is 2.30. The minimum absolute atomic E-state index is 0.0477. The molecule has 10 nitrogen and oxygen atoms in total. The average Bonchev–Trinajstić information content (AvgIpc) is 3.67. The largest absolute Gasteiger partial charge is 0.465 e. The predicted octanol–water partition coefficient (Wildman–Crippen LogP) is 6.58. The van der Waals surface area contributed by atoms with Gasteiger partial charge in [-0.3, -0.25) is 0 Å². The fraction of sp³-hybridized carbons (Fsp3) is 0.471. The fourth-order valence-electron chi connectivity index (χ4n) is 4.81. The minimum atomic E-state index is -0.730. The van der Waals surface area contributed by atoms with Crippen molar-refractivity contribution in [3.8, 4) is 0 Å². The van der Waals surface area contributed by atoms with E-state index in [1.807, 2.05) is 26.8 Å². The maximum atomic E-state index is 13.7. The number of carbonyl (C=O) groups is 4. The number of benzene rings is 2. The molecular weight excluding hydrogens is 602 g/mol. The lowest BCUT2D eigenvalue weighted by Gasteiger charge is -2.24. The number of esters is 2. The monoisotopic (exact) mass is 644 g/mol. The zero-order valence-electron chi connectivity index (χ0n) is 27.6. The number of rotatable bonds is 4. The Labute approximate surface area is 268 Å². The summed E-state index contributed by atoms with van der Waals surface area (Å²) in [6.07, 6.45) is 1.85. The van der Waals surface area contributed by atoms with Gasteiger partial charge in [0.2, 0.25) is 0 Å². The van der Waals surface area contributed by atoms with Gasteiger partial charge in [-0.15, -0.1) is 0 Å². The molecule has 2 aliphatic rings. The average molecular weight is 645 g/mol. The molecule has 0 bridgehead atoms. The van der Waals surface area contributed by atoms with Gasteiger partial charge < -0.3 is 28.7 Å². The first-order valence-corrected chi connectivity index (χ1v) is 14.8.